The summed E-state index contributed by atoms with van der Waals surface area (Å²) in [7, 11) is 0. The predicted octanol–water partition coefficient (Wildman–Crippen LogP) is 2.39. The molecule has 12 heteroatoms. The Balaban J connectivity index is 1.81. The minimum Gasteiger partial charge on any atom is -0.384 e. The number of alkyl halides is 3. The number of nitrogens with zero attached hydrogens (tertiary/aromatic N) is 4. The van der Waals surface area contributed by atoms with Gasteiger partial charge in [0.2, 0.25) is 0 Å². The van der Waals surface area contributed by atoms with E-state index in [-0.39, 0.29) is 30.9 Å². The van der Waals surface area contributed by atoms with Crippen molar-refractivity contribution < 1.29 is 32.3 Å². The molecule has 8 nitrogen and oxygen atoms in total. The molecule has 1 saturated heterocycles. The first-order valence-electron chi connectivity index (χ1n) is 10.4. The number of halogens is 4. The molecule has 4 rings (SSSR count). The van der Waals surface area contributed by atoms with Gasteiger partial charge in [-0.15, -0.1) is 0 Å². The normalized spacial score (nSPS) is 21.4. The van der Waals surface area contributed by atoms with Crippen LogP contribution in [0, 0.1) is 11.2 Å². The predicted molar refractivity (Wildman–Crippen MR) is 112 cm³/mol. The molecular weight excluding hydrogens is 458 g/mol. The molecule has 2 unspecified atom stereocenters. The highest BCUT2D eigenvalue weighted by Crippen LogP contribution is 2.42. The van der Waals surface area contributed by atoms with Gasteiger partial charge in [-0.3, -0.25) is 14.2 Å². The van der Waals surface area contributed by atoms with Gasteiger partial charge in [0.25, 0.3) is 11.8 Å². The fourth-order valence-electron chi connectivity index (χ4n) is 4.40. The molecule has 2 atom stereocenters. The second kappa shape index (κ2) is 8.05. The summed E-state index contributed by atoms with van der Waals surface area (Å²) in [4.78, 5) is 31.9. The fourth-order valence-corrected chi connectivity index (χ4v) is 4.40. The highest BCUT2D eigenvalue weighted by atomic mass is 19.4. The maximum Gasteiger partial charge on any atom is 0.420 e. The van der Waals surface area contributed by atoms with E-state index in [9.17, 15) is 32.3 Å². The van der Waals surface area contributed by atoms with Gasteiger partial charge in [0.05, 0.1) is 18.5 Å². The Labute approximate surface area is 191 Å². The summed E-state index contributed by atoms with van der Waals surface area (Å²) in [5, 5.41) is 17.8. The van der Waals surface area contributed by atoms with Crippen LogP contribution in [0.15, 0.2) is 36.5 Å². The molecular formula is C22H21F4N5O3. The number of carbonyl (C=O) groups excluding carboxylic acids is 2. The zero-order valence-corrected chi connectivity index (χ0v) is 18.2. The Morgan fingerprint density at radius 2 is 1.91 bits per heavy atom. The number of carbonyl (C=O) groups is 2. The van der Waals surface area contributed by atoms with Crippen LogP contribution in [0.25, 0.3) is 5.57 Å². The van der Waals surface area contributed by atoms with Crippen molar-refractivity contribution in [2.75, 3.05) is 19.6 Å². The van der Waals surface area contributed by atoms with Crippen LogP contribution in [0.2, 0.25) is 0 Å². The van der Waals surface area contributed by atoms with Crippen molar-refractivity contribution in [3.8, 4) is 0 Å². The molecule has 2 aromatic rings. The SMILES string of the molecule is CC(O)C(=O)N1CCN2C(=O)c3cnc(C(=CC(=N)c4ccc(F)cc4)C(F)(F)F)n3C2(C)C1. The average molecular weight is 479 g/mol. The number of aliphatic hydroxyl groups excluding tert-OH is 1. The third-order valence-corrected chi connectivity index (χ3v) is 6.03. The summed E-state index contributed by atoms with van der Waals surface area (Å²) in [6.07, 6.45) is -4.62. The number of amides is 2. The third-order valence-electron chi connectivity index (χ3n) is 6.03. The maximum absolute atomic E-state index is 14.2. The first-order chi connectivity index (χ1) is 15.8. The Morgan fingerprint density at radius 1 is 1.26 bits per heavy atom. The zero-order valence-electron chi connectivity index (χ0n) is 18.2. The van der Waals surface area contributed by atoms with Crippen molar-refractivity contribution in [3.63, 3.8) is 0 Å². The smallest absolute Gasteiger partial charge is 0.384 e. The van der Waals surface area contributed by atoms with Crippen LogP contribution in [0.5, 0.6) is 0 Å². The number of imidazole rings is 1. The molecule has 2 aliphatic rings. The van der Waals surface area contributed by atoms with Crippen LogP contribution in [-0.4, -0.2) is 73.9 Å². The summed E-state index contributed by atoms with van der Waals surface area (Å²) in [5.41, 5.74) is -3.18. The first kappa shape index (κ1) is 23.6. The summed E-state index contributed by atoms with van der Waals surface area (Å²) in [5.74, 6) is -2.31. The third kappa shape index (κ3) is 3.77. The van der Waals surface area contributed by atoms with Crippen molar-refractivity contribution >= 4 is 23.1 Å². The molecule has 0 radical (unpaired) electrons. The van der Waals surface area contributed by atoms with Crippen LogP contribution >= 0.6 is 0 Å². The highest BCUT2D eigenvalue weighted by Gasteiger charge is 2.53. The fraction of sp³-hybridized carbons (Fsp3) is 0.364. The number of nitrogens with one attached hydrogen (secondary N) is 1. The van der Waals surface area contributed by atoms with E-state index >= 15 is 0 Å². The number of aliphatic hydroxyl groups is 1. The maximum atomic E-state index is 14.2. The quantitative estimate of drug-likeness (QED) is 0.519. The largest absolute Gasteiger partial charge is 0.420 e. The van der Waals surface area contributed by atoms with Gasteiger partial charge < -0.3 is 20.3 Å². The van der Waals surface area contributed by atoms with Crippen LogP contribution in [0.3, 0.4) is 0 Å². The molecule has 34 heavy (non-hydrogen) atoms. The van der Waals surface area contributed by atoms with Crippen LogP contribution in [0.4, 0.5) is 17.6 Å². The van der Waals surface area contributed by atoms with Crippen LogP contribution in [-0.2, 0) is 10.5 Å². The summed E-state index contributed by atoms with van der Waals surface area (Å²) < 4.78 is 56.8. The molecule has 0 spiro atoms. The molecule has 1 aromatic heterocycles. The standard InChI is InChI=1S/C22H21F4N5O3/c1-12(32)19(33)29-7-8-30-20(34)17-10-28-18(31(17)21(30,2)11-29)15(22(24,25)26)9-16(27)13-3-5-14(23)6-4-13/h3-6,9-10,12,27,32H,7-8,11H2,1-2H3. The monoisotopic (exact) mass is 479 g/mol. The van der Waals surface area contributed by atoms with Gasteiger partial charge in [-0.1, -0.05) is 0 Å². The lowest BCUT2D eigenvalue weighted by atomic mass is 10.0. The molecule has 1 fully saturated rings. The van der Waals surface area contributed by atoms with Gasteiger partial charge in [0, 0.05) is 13.1 Å². The van der Waals surface area contributed by atoms with E-state index in [1.807, 2.05) is 0 Å². The van der Waals surface area contributed by atoms with Gasteiger partial charge in [-0.25, -0.2) is 9.37 Å². The molecule has 2 N–H and O–H groups in total. The summed E-state index contributed by atoms with van der Waals surface area (Å²) in [6, 6.07) is 4.44. The van der Waals surface area contributed by atoms with Crippen LogP contribution < -0.4 is 0 Å². The zero-order chi connectivity index (χ0) is 25.0. The number of rotatable bonds is 4. The van der Waals surface area contributed by atoms with Crippen molar-refractivity contribution in [2.24, 2.45) is 0 Å². The summed E-state index contributed by atoms with van der Waals surface area (Å²) in [6.45, 7) is 2.84. The molecule has 0 bridgehead atoms. The Hall–Kier alpha value is -3.54. The van der Waals surface area contributed by atoms with Crippen molar-refractivity contribution in [1.29, 1.82) is 5.41 Å². The van der Waals surface area contributed by atoms with E-state index in [1.54, 1.807) is 0 Å². The second-order valence-corrected chi connectivity index (χ2v) is 8.39. The molecule has 1 aromatic carbocycles. The Bertz CT molecular complexity index is 1200. The van der Waals surface area contributed by atoms with E-state index in [0.717, 1.165) is 22.9 Å². The lowest BCUT2D eigenvalue weighted by Crippen LogP contribution is -2.61. The number of hydrogen-bond acceptors (Lipinski definition) is 5. The minimum absolute atomic E-state index is 0.0609. The molecule has 2 aliphatic heterocycles. The van der Waals surface area contributed by atoms with Crippen molar-refractivity contribution in [1.82, 2.24) is 19.4 Å². The second-order valence-electron chi connectivity index (χ2n) is 8.39. The lowest BCUT2D eigenvalue weighted by Gasteiger charge is -2.46. The van der Waals surface area contributed by atoms with Gasteiger partial charge in [-0.05, 0) is 49.8 Å². The first-order valence-corrected chi connectivity index (χ1v) is 10.4. The number of piperazine rings is 1. The van der Waals surface area contributed by atoms with E-state index in [4.69, 9.17) is 5.41 Å². The Kier molecular flexibility index (Phi) is 5.59. The van der Waals surface area contributed by atoms with E-state index in [0.29, 0.717) is 6.08 Å². The highest BCUT2D eigenvalue weighted by molar-refractivity contribution is 6.10. The van der Waals surface area contributed by atoms with E-state index < -0.39 is 52.7 Å². The molecule has 0 saturated carbocycles. The Morgan fingerprint density at radius 3 is 2.50 bits per heavy atom. The number of aromatic nitrogens is 2. The lowest BCUT2D eigenvalue weighted by molar-refractivity contribution is -0.145. The molecule has 180 valence electrons. The van der Waals surface area contributed by atoms with Gasteiger partial charge in [0.1, 0.15) is 34.7 Å². The summed E-state index contributed by atoms with van der Waals surface area (Å²) >= 11 is 0. The number of fused-ring (bicyclic) bond motifs is 3. The minimum atomic E-state index is -4.94. The van der Waals surface area contributed by atoms with Crippen molar-refractivity contribution in [2.45, 2.75) is 31.8 Å². The van der Waals surface area contributed by atoms with Gasteiger partial charge in [-0.2, -0.15) is 13.2 Å². The number of benzene rings is 1. The van der Waals surface area contributed by atoms with Crippen molar-refractivity contribution in [3.05, 3.63) is 59.4 Å². The van der Waals surface area contributed by atoms with Gasteiger partial charge in [0.15, 0.2) is 0 Å². The number of allylic oxidation sites excluding steroid dienone is 2. The molecule has 3 heterocycles. The van der Waals surface area contributed by atoms with Gasteiger partial charge >= 0.3 is 6.18 Å². The topological polar surface area (TPSA) is 103 Å². The average Bonchev–Trinajstić information content (AvgIpc) is 3.29. The molecule has 0 aliphatic carbocycles. The van der Waals surface area contributed by atoms with Crippen LogP contribution in [0.1, 0.15) is 35.7 Å². The van der Waals surface area contributed by atoms with E-state index in [1.165, 1.54) is 35.8 Å². The number of hydrogen-bond donors (Lipinski definition) is 2. The van der Waals surface area contributed by atoms with E-state index in [2.05, 4.69) is 4.98 Å². The molecule has 2 amide bonds.